The van der Waals surface area contributed by atoms with E-state index in [-0.39, 0.29) is 36.0 Å². The van der Waals surface area contributed by atoms with Gasteiger partial charge in [0.1, 0.15) is 6.17 Å². The highest BCUT2D eigenvalue weighted by Crippen LogP contribution is 2.47. The van der Waals surface area contributed by atoms with Crippen LogP contribution in [0.15, 0.2) is 66.5 Å². The molecule has 4 heterocycles. The number of ketones is 1. The van der Waals surface area contributed by atoms with Crippen molar-refractivity contribution in [3.8, 4) is 0 Å². The van der Waals surface area contributed by atoms with Crippen LogP contribution in [0.4, 0.5) is 4.39 Å². The fraction of sp³-hybridized carbons (Fsp3) is 0.583. The second-order valence-electron chi connectivity index (χ2n) is 13.4. The third-order valence-electron chi connectivity index (χ3n) is 10.7. The smallest absolute Gasteiger partial charge is 0.256 e. The van der Waals surface area contributed by atoms with Gasteiger partial charge < -0.3 is 25.0 Å². The summed E-state index contributed by atoms with van der Waals surface area (Å²) in [7, 11) is 0. The van der Waals surface area contributed by atoms with E-state index in [4.69, 9.17) is 9.47 Å². The van der Waals surface area contributed by atoms with Crippen molar-refractivity contribution in [2.75, 3.05) is 45.9 Å². The Morgan fingerprint density at radius 1 is 1.02 bits per heavy atom. The average molecular weight is 632 g/mol. The Bertz CT molecular complexity index is 1370. The summed E-state index contributed by atoms with van der Waals surface area (Å²) in [6.45, 7) is 5.37. The molecule has 246 valence electrons. The van der Waals surface area contributed by atoms with E-state index in [9.17, 15) is 9.59 Å². The van der Waals surface area contributed by atoms with E-state index in [1.807, 2.05) is 24.3 Å². The second-order valence-corrected chi connectivity index (χ2v) is 13.4. The Kier molecular flexibility index (Phi) is 9.76. The zero-order chi connectivity index (χ0) is 31.5. The molecule has 0 spiro atoms. The molecule has 10 heteroatoms. The summed E-state index contributed by atoms with van der Waals surface area (Å²) in [5.41, 5.74) is 2.31. The minimum Gasteiger partial charge on any atom is -0.379 e. The Morgan fingerprint density at radius 2 is 1.85 bits per heavy atom. The normalized spacial score (nSPS) is 32.7. The van der Waals surface area contributed by atoms with E-state index in [1.54, 1.807) is 12.4 Å². The molecule has 1 aromatic carbocycles. The molecule has 5 aliphatic rings. The number of Topliss-reactive ketones (excluding diaryl/α,β-unsaturated/α-hetero) is 1. The van der Waals surface area contributed by atoms with Gasteiger partial charge in [-0.15, -0.1) is 0 Å². The van der Waals surface area contributed by atoms with Gasteiger partial charge in [0.05, 0.1) is 49.1 Å². The predicted octanol–water partition coefficient (Wildman–Crippen LogP) is 3.02. The number of hydrogen-bond donors (Lipinski definition) is 2. The van der Waals surface area contributed by atoms with E-state index in [2.05, 4.69) is 49.7 Å². The van der Waals surface area contributed by atoms with E-state index in [0.29, 0.717) is 25.4 Å². The van der Waals surface area contributed by atoms with Crippen molar-refractivity contribution in [2.24, 2.45) is 5.92 Å². The van der Waals surface area contributed by atoms with Crippen LogP contribution in [0.25, 0.3) is 0 Å². The van der Waals surface area contributed by atoms with Crippen molar-refractivity contribution in [1.82, 2.24) is 25.4 Å². The van der Waals surface area contributed by atoms with Crippen molar-refractivity contribution in [1.29, 1.82) is 0 Å². The summed E-state index contributed by atoms with van der Waals surface area (Å²) in [6, 6.07) is 15.4. The number of fused-ring (bicyclic) bond motifs is 2. The maximum absolute atomic E-state index is 16.1. The monoisotopic (exact) mass is 631 g/mol. The molecular formula is C36H46FN5O4. The molecule has 46 heavy (non-hydrogen) atoms. The number of nitrogens with one attached hydrogen (secondary N) is 2. The van der Waals surface area contributed by atoms with Gasteiger partial charge in [0, 0.05) is 50.1 Å². The lowest BCUT2D eigenvalue weighted by atomic mass is 9.68. The molecule has 3 aliphatic heterocycles. The molecule has 8 atom stereocenters. The number of ether oxygens (including phenoxy) is 2. The second kappa shape index (κ2) is 14.3. The molecular weight excluding hydrogens is 585 g/mol. The summed E-state index contributed by atoms with van der Waals surface area (Å²) >= 11 is 0. The highest BCUT2D eigenvalue weighted by molar-refractivity contribution is 6.20. The lowest BCUT2D eigenvalue weighted by Crippen LogP contribution is -2.73. The highest BCUT2D eigenvalue weighted by atomic mass is 19.1. The molecule has 8 unspecified atom stereocenters. The van der Waals surface area contributed by atoms with Crippen molar-refractivity contribution < 1.29 is 23.5 Å². The number of halogens is 1. The zero-order valence-corrected chi connectivity index (χ0v) is 26.4. The van der Waals surface area contributed by atoms with Crippen LogP contribution < -0.4 is 10.6 Å². The van der Waals surface area contributed by atoms with Gasteiger partial charge in [-0.05, 0) is 68.8 Å². The molecule has 2 N–H and O–H groups in total. The number of hydrogen-bond acceptors (Lipinski definition) is 8. The van der Waals surface area contributed by atoms with Crippen LogP contribution in [0.3, 0.4) is 0 Å². The van der Waals surface area contributed by atoms with Crippen LogP contribution in [-0.2, 0) is 25.5 Å². The largest absolute Gasteiger partial charge is 0.379 e. The number of benzene rings is 1. The molecule has 2 aromatic rings. The van der Waals surface area contributed by atoms with Gasteiger partial charge in [-0.2, -0.15) is 0 Å². The maximum atomic E-state index is 16.1. The number of nitrogens with zero attached hydrogens (tertiary/aromatic N) is 3. The zero-order valence-electron chi connectivity index (χ0n) is 26.4. The van der Waals surface area contributed by atoms with Crippen molar-refractivity contribution >= 4 is 11.7 Å². The van der Waals surface area contributed by atoms with E-state index in [0.717, 1.165) is 64.2 Å². The number of amides is 1. The summed E-state index contributed by atoms with van der Waals surface area (Å²) < 4.78 is 28.4. The minimum atomic E-state index is -1.25. The van der Waals surface area contributed by atoms with Crippen LogP contribution in [0.2, 0.25) is 0 Å². The first kappa shape index (κ1) is 31.4. The minimum absolute atomic E-state index is 0.00487. The standard InChI is InChI=1S/C36H46FN5O4/c37-29-22-27-33-35(32(29)39-14-6-16-41-17-19-45-20-18-41)46-31-11-10-25(24-7-2-1-3-8-24)21-30(31)42(33)23-28(34(27)43)36(44)40-15-12-26-9-4-5-13-38-26/h1-5,7-9,13,23,25,27,29-33,35,39H,6,10-12,14-22H2,(H,40,44). The molecule has 4 fully saturated rings. The van der Waals surface area contributed by atoms with Crippen molar-refractivity contribution in [3.63, 3.8) is 0 Å². The molecule has 0 bridgehead atoms. The fourth-order valence-corrected chi connectivity index (χ4v) is 8.37. The molecule has 7 rings (SSSR count). The number of pyridine rings is 1. The third kappa shape index (κ3) is 6.63. The van der Waals surface area contributed by atoms with Gasteiger partial charge in [0.15, 0.2) is 5.78 Å². The van der Waals surface area contributed by atoms with Crippen LogP contribution in [0, 0.1) is 5.92 Å². The summed E-state index contributed by atoms with van der Waals surface area (Å²) in [6.07, 6.45) is 5.96. The predicted molar refractivity (Wildman–Crippen MR) is 172 cm³/mol. The topological polar surface area (TPSA) is 96.0 Å². The molecule has 1 aromatic heterocycles. The molecule has 2 saturated carbocycles. The van der Waals surface area contributed by atoms with Crippen molar-refractivity contribution in [2.45, 2.75) is 80.9 Å². The summed E-state index contributed by atoms with van der Waals surface area (Å²) in [5.74, 6) is -0.944. The summed E-state index contributed by atoms with van der Waals surface area (Å²) in [4.78, 5) is 36.5. The number of carbonyl (C=O) groups is 2. The molecule has 0 radical (unpaired) electrons. The number of rotatable bonds is 10. The first-order chi connectivity index (χ1) is 22.6. The number of morpholine rings is 2. The number of alkyl halides is 1. The van der Waals surface area contributed by atoms with Gasteiger partial charge in [0.25, 0.3) is 5.91 Å². The lowest BCUT2D eigenvalue weighted by Gasteiger charge is -2.59. The Balaban J connectivity index is 1.11. The average Bonchev–Trinajstić information content (AvgIpc) is 3.09. The number of aromatic nitrogens is 1. The number of carbonyl (C=O) groups excluding carboxylic acids is 2. The Labute approximate surface area is 270 Å². The summed E-state index contributed by atoms with van der Waals surface area (Å²) in [5, 5.41) is 6.46. The van der Waals surface area contributed by atoms with Crippen molar-refractivity contribution in [3.05, 3.63) is 77.8 Å². The van der Waals surface area contributed by atoms with Crippen LogP contribution >= 0.6 is 0 Å². The first-order valence-corrected chi connectivity index (χ1v) is 17.2. The third-order valence-corrected chi connectivity index (χ3v) is 10.7. The Hall–Kier alpha value is -3.18. The van der Waals surface area contributed by atoms with Gasteiger partial charge in [-0.25, -0.2) is 4.39 Å². The van der Waals surface area contributed by atoms with E-state index >= 15 is 4.39 Å². The fourth-order valence-electron chi connectivity index (χ4n) is 8.37. The SMILES string of the molecule is O=C(NCCc1ccccn1)C1=CN2C3CC(c4ccccc4)CCC3OC3C(NCCCN4CCOCC4)C(F)CC(C1=O)C32. The maximum Gasteiger partial charge on any atom is 0.256 e. The first-order valence-electron chi connectivity index (χ1n) is 17.2. The van der Waals surface area contributed by atoms with Crippen LogP contribution in [0.5, 0.6) is 0 Å². The van der Waals surface area contributed by atoms with Crippen LogP contribution in [0.1, 0.15) is 49.3 Å². The molecule has 2 saturated heterocycles. The van der Waals surface area contributed by atoms with Gasteiger partial charge in [0.2, 0.25) is 0 Å². The van der Waals surface area contributed by atoms with Gasteiger partial charge >= 0.3 is 0 Å². The highest BCUT2D eigenvalue weighted by Gasteiger charge is 2.58. The molecule has 9 nitrogen and oxygen atoms in total. The lowest BCUT2D eigenvalue weighted by molar-refractivity contribution is -0.198. The Morgan fingerprint density at radius 3 is 2.65 bits per heavy atom. The van der Waals surface area contributed by atoms with Gasteiger partial charge in [-0.3, -0.25) is 19.5 Å². The quantitative estimate of drug-likeness (QED) is 0.306. The van der Waals surface area contributed by atoms with Gasteiger partial charge in [-0.1, -0.05) is 36.4 Å². The van der Waals surface area contributed by atoms with E-state index < -0.39 is 30.1 Å². The molecule has 2 aliphatic carbocycles. The van der Waals surface area contributed by atoms with Crippen LogP contribution in [-0.4, -0.2) is 109 Å². The molecule has 1 amide bonds. The van der Waals surface area contributed by atoms with E-state index in [1.165, 1.54) is 5.56 Å².